The van der Waals surface area contributed by atoms with Gasteiger partial charge in [0.15, 0.2) is 16.6 Å². The zero-order chi connectivity index (χ0) is 23.5. The lowest BCUT2D eigenvalue weighted by atomic mass is 9.95. The van der Waals surface area contributed by atoms with Gasteiger partial charge in [0.1, 0.15) is 5.52 Å². The van der Waals surface area contributed by atoms with Crippen LogP contribution in [-0.2, 0) is 18.5 Å². The molecule has 6 nitrogen and oxygen atoms in total. The number of halogens is 3. The van der Waals surface area contributed by atoms with Gasteiger partial charge in [-0.25, -0.2) is 4.98 Å². The maximum Gasteiger partial charge on any atom is 0.416 e. The number of alkyl halides is 3. The summed E-state index contributed by atoms with van der Waals surface area (Å²) in [7, 11) is 0. The minimum Gasteiger partial charge on any atom is -0.440 e. The van der Waals surface area contributed by atoms with Gasteiger partial charge in [0.2, 0.25) is 5.89 Å². The summed E-state index contributed by atoms with van der Waals surface area (Å²) in [6.07, 6.45) is 1.17. The van der Waals surface area contributed by atoms with E-state index in [2.05, 4.69) is 25.1 Å². The molecule has 1 aliphatic rings. The fourth-order valence-corrected chi connectivity index (χ4v) is 5.20. The molecule has 34 heavy (non-hydrogen) atoms. The van der Waals surface area contributed by atoms with E-state index in [1.165, 1.54) is 24.2 Å². The van der Waals surface area contributed by atoms with E-state index in [1.807, 2.05) is 24.3 Å². The first-order chi connectivity index (χ1) is 16.5. The standard InChI is InChI=1S/C24H24F3N5OS/c25-24(26,27)16-7-6-8-17(13-16)28-14-21-30-31-23(32(21)18-9-2-1-3-10-18)34-15-22-29-19-11-4-5-12-20(19)33-22/h4-8,11-13,18,28H,1-3,9-10,14-15H2. The zero-order valence-corrected chi connectivity index (χ0v) is 19.2. The number of nitrogens with one attached hydrogen (secondary N) is 1. The van der Waals surface area contributed by atoms with Crippen LogP contribution < -0.4 is 5.32 Å². The molecule has 0 atom stereocenters. The Morgan fingerprint density at radius 1 is 1.03 bits per heavy atom. The summed E-state index contributed by atoms with van der Waals surface area (Å²) in [5, 5.41) is 12.7. The van der Waals surface area contributed by atoms with Crippen LogP contribution >= 0.6 is 11.8 Å². The quantitative estimate of drug-likeness (QED) is 0.288. The molecular weight excluding hydrogens is 463 g/mol. The second kappa shape index (κ2) is 9.69. The predicted molar refractivity (Wildman–Crippen MR) is 124 cm³/mol. The maximum absolute atomic E-state index is 13.1. The number of benzene rings is 2. The molecular formula is C24H24F3N5OS. The summed E-state index contributed by atoms with van der Waals surface area (Å²) in [6, 6.07) is 13.1. The predicted octanol–water partition coefficient (Wildman–Crippen LogP) is 6.85. The van der Waals surface area contributed by atoms with Crippen molar-refractivity contribution in [1.82, 2.24) is 19.7 Å². The first-order valence-electron chi connectivity index (χ1n) is 11.3. The number of oxazole rings is 1. The van der Waals surface area contributed by atoms with E-state index in [1.54, 1.807) is 6.07 Å². The number of anilines is 1. The number of hydrogen-bond acceptors (Lipinski definition) is 6. The number of aromatic nitrogens is 4. The Hall–Kier alpha value is -3.01. The van der Waals surface area contributed by atoms with Crippen molar-refractivity contribution >= 4 is 28.5 Å². The van der Waals surface area contributed by atoms with Gasteiger partial charge in [0, 0.05) is 11.7 Å². The van der Waals surface area contributed by atoms with Gasteiger partial charge in [-0.05, 0) is 43.2 Å². The van der Waals surface area contributed by atoms with Crippen molar-refractivity contribution in [3.8, 4) is 0 Å². The molecule has 10 heteroatoms. The van der Waals surface area contributed by atoms with E-state index in [0.717, 1.165) is 54.1 Å². The van der Waals surface area contributed by atoms with Crippen molar-refractivity contribution in [3.63, 3.8) is 0 Å². The molecule has 2 heterocycles. The lowest BCUT2D eigenvalue weighted by molar-refractivity contribution is -0.137. The van der Waals surface area contributed by atoms with Crippen LogP contribution in [0.25, 0.3) is 11.1 Å². The third-order valence-electron chi connectivity index (χ3n) is 5.98. The molecule has 1 N–H and O–H groups in total. The van der Waals surface area contributed by atoms with Gasteiger partial charge in [0.05, 0.1) is 17.9 Å². The smallest absolute Gasteiger partial charge is 0.416 e. The monoisotopic (exact) mass is 487 g/mol. The molecule has 0 bridgehead atoms. The lowest BCUT2D eigenvalue weighted by Crippen LogP contribution is -2.18. The SMILES string of the molecule is FC(F)(F)c1cccc(NCc2nnc(SCc3nc4ccccc4o3)n2C2CCCCC2)c1. The summed E-state index contributed by atoms with van der Waals surface area (Å²) >= 11 is 1.51. The fraction of sp³-hybridized carbons (Fsp3) is 0.375. The summed E-state index contributed by atoms with van der Waals surface area (Å²) in [5.74, 6) is 1.85. The lowest BCUT2D eigenvalue weighted by Gasteiger charge is -2.25. The number of nitrogens with zero attached hydrogens (tertiary/aromatic N) is 4. The molecule has 0 spiro atoms. The van der Waals surface area contributed by atoms with E-state index < -0.39 is 11.7 Å². The van der Waals surface area contributed by atoms with Crippen molar-refractivity contribution in [3.05, 3.63) is 65.8 Å². The van der Waals surface area contributed by atoms with E-state index >= 15 is 0 Å². The van der Waals surface area contributed by atoms with Crippen LogP contribution in [0.2, 0.25) is 0 Å². The highest BCUT2D eigenvalue weighted by Crippen LogP contribution is 2.34. The number of rotatable bonds is 7. The highest BCUT2D eigenvalue weighted by atomic mass is 32.2. The van der Waals surface area contributed by atoms with Crippen LogP contribution in [0.15, 0.2) is 58.1 Å². The summed E-state index contributed by atoms with van der Waals surface area (Å²) in [5.41, 5.74) is 1.28. The van der Waals surface area contributed by atoms with E-state index in [-0.39, 0.29) is 12.6 Å². The van der Waals surface area contributed by atoms with Crippen LogP contribution in [0.1, 0.15) is 55.4 Å². The molecule has 4 aromatic rings. The van der Waals surface area contributed by atoms with Crippen LogP contribution in [0, 0.1) is 0 Å². The van der Waals surface area contributed by atoms with Gasteiger partial charge >= 0.3 is 6.18 Å². The number of para-hydroxylation sites is 2. The molecule has 0 amide bonds. The van der Waals surface area contributed by atoms with Gasteiger partial charge in [-0.15, -0.1) is 10.2 Å². The largest absolute Gasteiger partial charge is 0.440 e. The molecule has 1 saturated carbocycles. The average Bonchev–Trinajstić information content (AvgIpc) is 3.45. The minimum atomic E-state index is -4.38. The van der Waals surface area contributed by atoms with Gasteiger partial charge in [-0.3, -0.25) is 0 Å². The molecule has 5 rings (SSSR count). The van der Waals surface area contributed by atoms with Crippen molar-refractivity contribution in [1.29, 1.82) is 0 Å². The molecule has 1 aliphatic carbocycles. The van der Waals surface area contributed by atoms with Gasteiger partial charge < -0.3 is 14.3 Å². The van der Waals surface area contributed by atoms with E-state index in [4.69, 9.17) is 4.42 Å². The normalized spacial score (nSPS) is 15.1. The Morgan fingerprint density at radius 3 is 2.65 bits per heavy atom. The zero-order valence-electron chi connectivity index (χ0n) is 18.4. The molecule has 2 aromatic heterocycles. The third-order valence-corrected chi connectivity index (χ3v) is 6.91. The Labute approximate surface area is 199 Å². The van der Waals surface area contributed by atoms with Crippen molar-refractivity contribution in [2.45, 2.75) is 61.8 Å². The number of fused-ring (bicyclic) bond motifs is 1. The van der Waals surface area contributed by atoms with E-state index in [0.29, 0.717) is 23.2 Å². The van der Waals surface area contributed by atoms with Gasteiger partial charge in [0.25, 0.3) is 0 Å². The van der Waals surface area contributed by atoms with Crippen LogP contribution in [0.5, 0.6) is 0 Å². The molecule has 1 fully saturated rings. The molecule has 0 radical (unpaired) electrons. The van der Waals surface area contributed by atoms with Crippen LogP contribution in [-0.4, -0.2) is 19.7 Å². The number of hydrogen-bond donors (Lipinski definition) is 1. The fourth-order valence-electron chi connectivity index (χ4n) is 4.33. The highest BCUT2D eigenvalue weighted by Gasteiger charge is 2.30. The van der Waals surface area contributed by atoms with Crippen LogP contribution in [0.4, 0.5) is 18.9 Å². The second-order valence-electron chi connectivity index (χ2n) is 8.36. The van der Waals surface area contributed by atoms with Crippen molar-refractivity contribution < 1.29 is 17.6 Å². The summed E-state index contributed by atoms with van der Waals surface area (Å²) in [6.45, 7) is 0.286. The summed E-state index contributed by atoms with van der Waals surface area (Å²) < 4.78 is 47.2. The minimum absolute atomic E-state index is 0.271. The molecule has 0 aliphatic heterocycles. The average molecular weight is 488 g/mol. The van der Waals surface area contributed by atoms with Crippen molar-refractivity contribution in [2.75, 3.05) is 5.32 Å². The Balaban J connectivity index is 1.34. The van der Waals surface area contributed by atoms with Crippen molar-refractivity contribution in [2.24, 2.45) is 0 Å². The Morgan fingerprint density at radius 2 is 1.85 bits per heavy atom. The third kappa shape index (κ3) is 5.06. The second-order valence-corrected chi connectivity index (χ2v) is 9.30. The van der Waals surface area contributed by atoms with Gasteiger partial charge in [-0.1, -0.05) is 49.2 Å². The van der Waals surface area contributed by atoms with E-state index in [9.17, 15) is 13.2 Å². The first kappa shape index (κ1) is 22.8. The summed E-state index contributed by atoms with van der Waals surface area (Å²) in [4.78, 5) is 4.53. The topological polar surface area (TPSA) is 68.8 Å². The molecule has 0 saturated heterocycles. The maximum atomic E-state index is 13.1. The Kier molecular flexibility index (Phi) is 6.49. The molecule has 2 aromatic carbocycles. The van der Waals surface area contributed by atoms with Crippen LogP contribution in [0.3, 0.4) is 0 Å². The Bertz CT molecular complexity index is 1230. The number of thioether (sulfide) groups is 1. The molecule has 0 unspecified atom stereocenters. The molecule has 178 valence electrons. The highest BCUT2D eigenvalue weighted by molar-refractivity contribution is 7.98. The first-order valence-corrected chi connectivity index (χ1v) is 12.3. The van der Waals surface area contributed by atoms with Gasteiger partial charge in [-0.2, -0.15) is 13.2 Å².